The summed E-state index contributed by atoms with van der Waals surface area (Å²) in [6, 6.07) is 1.88. The first-order chi connectivity index (χ1) is 5.27. The molecule has 0 fully saturated rings. The Labute approximate surface area is 66.2 Å². The summed E-state index contributed by atoms with van der Waals surface area (Å²) in [6.45, 7) is 2.39. The summed E-state index contributed by atoms with van der Waals surface area (Å²) < 4.78 is 5.10. The van der Waals surface area contributed by atoms with E-state index in [-0.39, 0.29) is 0 Å². The summed E-state index contributed by atoms with van der Waals surface area (Å²) in [5.74, 6) is 0.819. The molecular formula is C8H12N2O. The molecule has 0 radical (unpaired) electrons. The summed E-state index contributed by atoms with van der Waals surface area (Å²) in [5.41, 5.74) is 7.34. The minimum Gasteiger partial charge on any atom is -0.496 e. The second kappa shape index (κ2) is 3.34. The molecule has 3 nitrogen and oxygen atoms in total. The van der Waals surface area contributed by atoms with Gasteiger partial charge >= 0.3 is 0 Å². The Morgan fingerprint density at radius 1 is 1.64 bits per heavy atom. The van der Waals surface area contributed by atoms with Crippen molar-refractivity contribution < 1.29 is 4.74 Å². The first-order valence-corrected chi connectivity index (χ1v) is 3.47. The maximum Gasteiger partial charge on any atom is 0.126 e. The number of hydrogen-bond donors (Lipinski definition) is 1. The minimum absolute atomic E-state index is 0.469. The summed E-state index contributed by atoms with van der Waals surface area (Å²) >= 11 is 0. The van der Waals surface area contributed by atoms with E-state index in [1.165, 1.54) is 0 Å². The van der Waals surface area contributed by atoms with Gasteiger partial charge in [0.25, 0.3) is 0 Å². The standard InChI is InChI=1S/C8H12N2O/c1-6-3-8(11-2)7(4-9)5-10-6/h3,5H,4,9H2,1-2H3. The zero-order chi connectivity index (χ0) is 8.27. The lowest BCUT2D eigenvalue weighted by Gasteiger charge is -2.05. The van der Waals surface area contributed by atoms with Crippen molar-refractivity contribution in [3.05, 3.63) is 23.5 Å². The van der Waals surface area contributed by atoms with Crippen LogP contribution in [0.4, 0.5) is 0 Å². The molecule has 0 atom stereocenters. The monoisotopic (exact) mass is 152 g/mol. The molecule has 1 rings (SSSR count). The second-order valence-corrected chi connectivity index (χ2v) is 2.34. The van der Waals surface area contributed by atoms with Crippen LogP contribution >= 0.6 is 0 Å². The first-order valence-electron chi connectivity index (χ1n) is 3.47. The molecule has 0 aromatic carbocycles. The van der Waals surface area contributed by atoms with Crippen molar-refractivity contribution in [2.45, 2.75) is 13.5 Å². The Kier molecular flexibility index (Phi) is 2.44. The lowest BCUT2D eigenvalue weighted by molar-refractivity contribution is 0.408. The Hall–Kier alpha value is -1.09. The van der Waals surface area contributed by atoms with Crippen LogP contribution in [0.15, 0.2) is 12.3 Å². The molecule has 0 aliphatic rings. The predicted molar refractivity (Wildman–Crippen MR) is 43.4 cm³/mol. The van der Waals surface area contributed by atoms with Crippen LogP contribution in [0.2, 0.25) is 0 Å². The van der Waals surface area contributed by atoms with Crippen LogP contribution in [0.25, 0.3) is 0 Å². The van der Waals surface area contributed by atoms with Crippen molar-refractivity contribution in [1.29, 1.82) is 0 Å². The van der Waals surface area contributed by atoms with Crippen LogP contribution in [-0.2, 0) is 6.54 Å². The van der Waals surface area contributed by atoms with Gasteiger partial charge in [-0.1, -0.05) is 0 Å². The van der Waals surface area contributed by atoms with Gasteiger partial charge in [-0.3, -0.25) is 4.98 Å². The van der Waals surface area contributed by atoms with E-state index in [2.05, 4.69) is 4.98 Å². The van der Waals surface area contributed by atoms with Gasteiger partial charge in [-0.25, -0.2) is 0 Å². The fourth-order valence-electron chi connectivity index (χ4n) is 0.906. The number of ether oxygens (including phenoxy) is 1. The topological polar surface area (TPSA) is 48.1 Å². The van der Waals surface area contributed by atoms with Gasteiger partial charge < -0.3 is 10.5 Å². The highest BCUT2D eigenvalue weighted by atomic mass is 16.5. The molecule has 0 saturated carbocycles. The van der Waals surface area contributed by atoms with E-state index in [4.69, 9.17) is 10.5 Å². The molecule has 0 saturated heterocycles. The highest BCUT2D eigenvalue weighted by Crippen LogP contribution is 2.16. The highest BCUT2D eigenvalue weighted by Gasteiger charge is 2.00. The number of methoxy groups -OCH3 is 1. The number of aromatic nitrogens is 1. The first kappa shape index (κ1) is 8.01. The molecule has 3 heteroatoms. The largest absolute Gasteiger partial charge is 0.496 e. The third-order valence-electron chi connectivity index (χ3n) is 1.52. The number of nitrogens with zero attached hydrogens (tertiary/aromatic N) is 1. The van der Waals surface area contributed by atoms with Gasteiger partial charge in [0.05, 0.1) is 7.11 Å². The molecular weight excluding hydrogens is 140 g/mol. The zero-order valence-electron chi connectivity index (χ0n) is 6.79. The summed E-state index contributed by atoms with van der Waals surface area (Å²) in [6.07, 6.45) is 1.74. The van der Waals surface area contributed by atoms with Crippen LogP contribution in [0.3, 0.4) is 0 Å². The van der Waals surface area contributed by atoms with Crippen molar-refractivity contribution in [3.8, 4) is 5.75 Å². The highest BCUT2D eigenvalue weighted by molar-refractivity contribution is 5.32. The molecule has 0 bridgehead atoms. The normalized spacial score (nSPS) is 9.73. The third-order valence-corrected chi connectivity index (χ3v) is 1.52. The minimum atomic E-state index is 0.469. The predicted octanol–water partition coefficient (Wildman–Crippen LogP) is 0.857. The lowest BCUT2D eigenvalue weighted by Crippen LogP contribution is -2.01. The fourth-order valence-corrected chi connectivity index (χ4v) is 0.906. The molecule has 11 heavy (non-hydrogen) atoms. The average molecular weight is 152 g/mol. The molecule has 0 aliphatic carbocycles. The Balaban J connectivity index is 3.06. The number of aryl methyl sites for hydroxylation is 1. The van der Waals surface area contributed by atoms with E-state index in [1.54, 1.807) is 13.3 Å². The lowest BCUT2D eigenvalue weighted by atomic mass is 10.2. The number of rotatable bonds is 2. The van der Waals surface area contributed by atoms with E-state index in [9.17, 15) is 0 Å². The zero-order valence-corrected chi connectivity index (χ0v) is 6.79. The quantitative estimate of drug-likeness (QED) is 0.683. The van der Waals surface area contributed by atoms with Crippen LogP contribution in [-0.4, -0.2) is 12.1 Å². The van der Waals surface area contributed by atoms with Gasteiger partial charge in [0, 0.05) is 30.1 Å². The van der Waals surface area contributed by atoms with Crippen molar-refractivity contribution in [1.82, 2.24) is 4.98 Å². The van der Waals surface area contributed by atoms with E-state index in [0.29, 0.717) is 6.54 Å². The van der Waals surface area contributed by atoms with Crippen molar-refractivity contribution in [2.24, 2.45) is 5.73 Å². The average Bonchev–Trinajstić information content (AvgIpc) is 2.04. The van der Waals surface area contributed by atoms with Gasteiger partial charge in [0.2, 0.25) is 0 Å². The number of hydrogen-bond acceptors (Lipinski definition) is 3. The molecule has 1 aromatic heterocycles. The van der Waals surface area contributed by atoms with E-state index >= 15 is 0 Å². The number of nitrogens with two attached hydrogens (primary N) is 1. The van der Waals surface area contributed by atoms with Crippen LogP contribution < -0.4 is 10.5 Å². The Bertz CT molecular complexity index is 248. The SMILES string of the molecule is COc1cc(C)ncc1CN. The summed E-state index contributed by atoms with van der Waals surface area (Å²) in [7, 11) is 1.63. The second-order valence-electron chi connectivity index (χ2n) is 2.34. The van der Waals surface area contributed by atoms with E-state index in [1.807, 2.05) is 13.0 Å². The van der Waals surface area contributed by atoms with Gasteiger partial charge in [0.1, 0.15) is 5.75 Å². The summed E-state index contributed by atoms with van der Waals surface area (Å²) in [5, 5.41) is 0. The molecule has 0 unspecified atom stereocenters. The van der Waals surface area contributed by atoms with Gasteiger partial charge in [-0.2, -0.15) is 0 Å². The van der Waals surface area contributed by atoms with E-state index in [0.717, 1.165) is 17.0 Å². The molecule has 1 aromatic rings. The molecule has 0 aliphatic heterocycles. The van der Waals surface area contributed by atoms with Crippen molar-refractivity contribution in [3.63, 3.8) is 0 Å². The van der Waals surface area contributed by atoms with Gasteiger partial charge in [-0.05, 0) is 6.92 Å². The molecule has 0 spiro atoms. The molecule has 0 amide bonds. The molecule has 2 N–H and O–H groups in total. The van der Waals surface area contributed by atoms with Crippen molar-refractivity contribution >= 4 is 0 Å². The Morgan fingerprint density at radius 2 is 2.36 bits per heavy atom. The van der Waals surface area contributed by atoms with Crippen LogP contribution in [0.1, 0.15) is 11.3 Å². The van der Waals surface area contributed by atoms with Crippen molar-refractivity contribution in [2.75, 3.05) is 7.11 Å². The smallest absolute Gasteiger partial charge is 0.126 e. The fraction of sp³-hybridized carbons (Fsp3) is 0.375. The van der Waals surface area contributed by atoms with Gasteiger partial charge in [0.15, 0.2) is 0 Å². The van der Waals surface area contributed by atoms with Crippen LogP contribution in [0, 0.1) is 6.92 Å². The van der Waals surface area contributed by atoms with Crippen LogP contribution in [0.5, 0.6) is 5.75 Å². The molecule has 60 valence electrons. The maximum atomic E-state index is 5.46. The number of pyridine rings is 1. The summed E-state index contributed by atoms with van der Waals surface area (Å²) in [4.78, 5) is 4.10. The van der Waals surface area contributed by atoms with E-state index < -0.39 is 0 Å². The third kappa shape index (κ3) is 1.68. The Morgan fingerprint density at radius 3 is 2.91 bits per heavy atom. The molecule has 1 heterocycles. The maximum absolute atomic E-state index is 5.46. The van der Waals surface area contributed by atoms with Gasteiger partial charge in [-0.15, -0.1) is 0 Å².